The highest BCUT2D eigenvalue weighted by Gasteiger charge is 2.22. The number of hydrogen-bond donors (Lipinski definition) is 3. The number of aryl methyl sites for hydroxylation is 1. The minimum atomic E-state index is -1.06. The molecule has 7 nitrogen and oxygen atoms in total. The Kier molecular flexibility index (Phi) is 10.4. The second kappa shape index (κ2) is 14.6. The van der Waals surface area contributed by atoms with Gasteiger partial charge in [0, 0.05) is 19.3 Å². The van der Waals surface area contributed by atoms with Gasteiger partial charge in [-0.25, -0.2) is 0 Å². The van der Waals surface area contributed by atoms with Crippen LogP contribution in [0, 0.1) is 0 Å². The quantitative estimate of drug-likeness (QED) is 0.180. The van der Waals surface area contributed by atoms with Gasteiger partial charge in [-0.05, 0) is 51.8 Å². The Morgan fingerprint density at radius 2 is 1.12 bits per heavy atom. The second-order valence-electron chi connectivity index (χ2n) is 10.2. The number of hydrogen-bond acceptors (Lipinski definition) is 4. The van der Waals surface area contributed by atoms with Gasteiger partial charge in [-0.1, -0.05) is 103 Å². The molecule has 0 unspecified atom stereocenters. The lowest BCUT2D eigenvalue weighted by Gasteiger charge is -2.17. The number of carbonyl (C=O) groups is 4. The van der Waals surface area contributed by atoms with Crippen LogP contribution in [0.5, 0.6) is 0 Å². The second-order valence-corrected chi connectivity index (χ2v) is 10.2. The third-order valence-electron chi connectivity index (χ3n) is 7.02. The van der Waals surface area contributed by atoms with Crippen molar-refractivity contribution in [1.29, 1.82) is 0 Å². The number of carboxylic acid groups (broad SMARTS) is 2. The molecular formula is C35H33NO6. The standard InChI is InChI=1S/C35H33NO6/c37-32(22-25-5-4-6-26(21-25)23-35(41)42)31(18-20-34(39)40)36-33(38)19-11-24-9-12-28(13-10-24)30-16-14-29(15-17-30)27-7-2-1-3-8-27/h1-10,12-17,21,31H,11,18-20,22-23H2,(H,36,38)(H,39,40)(H,41,42)/t31-/m0/s1. The Bertz CT molecular complexity index is 1530. The fourth-order valence-corrected chi connectivity index (χ4v) is 4.80. The Labute approximate surface area is 244 Å². The van der Waals surface area contributed by atoms with Gasteiger partial charge < -0.3 is 15.5 Å². The summed E-state index contributed by atoms with van der Waals surface area (Å²) >= 11 is 0. The Balaban J connectivity index is 1.33. The minimum absolute atomic E-state index is 0.0213. The SMILES string of the molecule is O=C(O)CC[C@H](NC(=O)CCc1ccc(-c2ccc(-c3ccccc3)cc2)cc1)C(=O)Cc1cccc(CC(=O)O)c1. The predicted octanol–water partition coefficient (Wildman–Crippen LogP) is 5.74. The van der Waals surface area contributed by atoms with Gasteiger partial charge in [-0.3, -0.25) is 19.2 Å². The highest BCUT2D eigenvalue weighted by molar-refractivity contribution is 5.91. The maximum atomic E-state index is 13.0. The number of carboxylic acids is 2. The summed E-state index contributed by atoms with van der Waals surface area (Å²) in [5, 5.41) is 20.9. The van der Waals surface area contributed by atoms with E-state index >= 15 is 0 Å². The van der Waals surface area contributed by atoms with E-state index in [0.29, 0.717) is 17.5 Å². The van der Waals surface area contributed by atoms with Crippen molar-refractivity contribution in [3.8, 4) is 22.3 Å². The predicted molar refractivity (Wildman–Crippen MR) is 161 cm³/mol. The van der Waals surface area contributed by atoms with Crippen molar-refractivity contribution >= 4 is 23.6 Å². The van der Waals surface area contributed by atoms with E-state index in [2.05, 4.69) is 41.7 Å². The first-order valence-corrected chi connectivity index (χ1v) is 13.8. The van der Waals surface area contributed by atoms with E-state index < -0.39 is 18.0 Å². The Morgan fingerprint density at radius 3 is 1.69 bits per heavy atom. The number of amides is 1. The molecular weight excluding hydrogens is 530 g/mol. The third kappa shape index (κ3) is 8.99. The average molecular weight is 564 g/mol. The Hall–Kier alpha value is -5.04. The van der Waals surface area contributed by atoms with Gasteiger partial charge in [0.15, 0.2) is 5.78 Å². The van der Waals surface area contributed by atoms with Crippen LogP contribution in [0.25, 0.3) is 22.3 Å². The molecule has 42 heavy (non-hydrogen) atoms. The molecule has 0 saturated heterocycles. The first-order valence-electron chi connectivity index (χ1n) is 13.8. The summed E-state index contributed by atoms with van der Waals surface area (Å²) in [6.45, 7) is 0. The Morgan fingerprint density at radius 1 is 0.571 bits per heavy atom. The van der Waals surface area contributed by atoms with Crippen molar-refractivity contribution < 1.29 is 29.4 Å². The van der Waals surface area contributed by atoms with Crippen molar-refractivity contribution in [3.05, 3.63) is 120 Å². The zero-order chi connectivity index (χ0) is 29.9. The maximum Gasteiger partial charge on any atom is 0.307 e. The first-order chi connectivity index (χ1) is 20.3. The van der Waals surface area contributed by atoms with Gasteiger partial charge >= 0.3 is 11.9 Å². The first kappa shape index (κ1) is 29.9. The number of aliphatic carboxylic acids is 2. The molecule has 3 N–H and O–H groups in total. The number of benzene rings is 4. The molecule has 4 aromatic rings. The van der Waals surface area contributed by atoms with Crippen LogP contribution in [0.1, 0.15) is 36.0 Å². The topological polar surface area (TPSA) is 121 Å². The largest absolute Gasteiger partial charge is 0.481 e. The molecule has 0 fully saturated rings. The monoisotopic (exact) mass is 563 g/mol. The number of Topliss-reactive ketones (excluding diaryl/α,β-unsaturated/α-hetero) is 1. The molecule has 0 bridgehead atoms. The van der Waals surface area contributed by atoms with E-state index in [9.17, 15) is 19.2 Å². The number of ketones is 1. The van der Waals surface area contributed by atoms with Crippen LogP contribution in [-0.2, 0) is 38.4 Å². The summed E-state index contributed by atoms with van der Waals surface area (Å²) in [6.07, 6.45) is 0.136. The van der Waals surface area contributed by atoms with Crippen LogP contribution in [0.3, 0.4) is 0 Å². The molecule has 0 aromatic heterocycles. The number of rotatable bonds is 14. The van der Waals surface area contributed by atoms with Gasteiger partial charge in [-0.2, -0.15) is 0 Å². The zero-order valence-corrected chi connectivity index (χ0v) is 23.2. The zero-order valence-electron chi connectivity index (χ0n) is 23.2. The molecule has 0 spiro atoms. The summed E-state index contributed by atoms with van der Waals surface area (Å²) in [5.74, 6) is -2.68. The van der Waals surface area contributed by atoms with Gasteiger partial charge in [-0.15, -0.1) is 0 Å². The van der Waals surface area contributed by atoms with Crippen molar-refractivity contribution in [2.24, 2.45) is 0 Å². The van der Waals surface area contributed by atoms with Crippen molar-refractivity contribution in [3.63, 3.8) is 0 Å². The van der Waals surface area contributed by atoms with Crippen LogP contribution in [0.2, 0.25) is 0 Å². The van der Waals surface area contributed by atoms with Crippen LogP contribution < -0.4 is 5.32 Å². The normalized spacial score (nSPS) is 11.4. The molecule has 0 aliphatic rings. The highest BCUT2D eigenvalue weighted by Crippen LogP contribution is 2.25. The minimum Gasteiger partial charge on any atom is -0.481 e. The maximum absolute atomic E-state index is 13.0. The third-order valence-corrected chi connectivity index (χ3v) is 7.02. The number of nitrogens with one attached hydrogen (secondary N) is 1. The van der Waals surface area contributed by atoms with Crippen LogP contribution >= 0.6 is 0 Å². The number of carbonyl (C=O) groups excluding carboxylic acids is 2. The van der Waals surface area contributed by atoms with Gasteiger partial charge in [0.1, 0.15) is 0 Å². The lowest BCUT2D eigenvalue weighted by molar-refractivity contribution is -0.138. The fourth-order valence-electron chi connectivity index (χ4n) is 4.80. The van der Waals surface area contributed by atoms with E-state index in [1.165, 1.54) is 0 Å². The highest BCUT2D eigenvalue weighted by atomic mass is 16.4. The molecule has 1 amide bonds. The van der Waals surface area contributed by atoms with E-state index in [-0.39, 0.29) is 43.8 Å². The summed E-state index contributed by atoms with van der Waals surface area (Å²) in [6, 6.07) is 32.3. The fraction of sp³-hybridized carbons (Fsp3) is 0.200. The molecule has 0 aliphatic carbocycles. The summed E-state index contributed by atoms with van der Waals surface area (Å²) in [4.78, 5) is 48.0. The van der Waals surface area contributed by atoms with Crippen LogP contribution in [-0.4, -0.2) is 39.9 Å². The molecule has 214 valence electrons. The van der Waals surface area contributed by atoms with Crippen molar-refractivity contribution in [1.82, 2.24) is 5.32 Å². The van der Waals surface area contributed by atoms with Gasteiger partial charge in [0.25, 0.3) is 0 Å². The molecule has 0 heterocycles. The average Bonchev–Trinajstić information content (AvgIpc) is 2.98. The summed E-state index contributed by atoms with van der Waals surface area (Å²) in [5.41, 5.74) is 6.61. The van der Waals surface area contributed by atoms with Crippen LogP contribution in [0.15, 0.2) is 103 Å². The molecule has 4 rings (SSSR count). The molecule has 0 saturated carbocycles. The van der Waals surface area contributed by atoms with E-state index in [1.807, 2.05) is 42.5 Å². The van der Waals surface area contributed by atoms with Crippen molar-refractivity contribution in [2.45, 2.75) is 44.6 Å². The molecule has 1 atom stereocenters. The lowest BCUT2D eigenvalue weighted by atomic mass is 9.97. The smallest absolute Gasteiger partial charge is 0.307 e. The molecule has 0 radical (unpaired) electrons. The van der Waals surface area contributed by atoms with E-state index in [1.54, 1.807) is 24.3 Å². The van der Waals surface area contributed by atoms with Gasteiger partial charge in [0.05, 0.1) is 12.5 Å². The van der Waals surface area contributed by atoms with E-state index in [4.69, 9.17) is 10.2 Å². The van der Waals surface area contributed by atoms with E-state index in [0.717, 1.165) is 27.8 Å². The van der Waals surface area contributed by atoms with Crippen LogP contribution in [0.4, 0.5) is 0 Å². The van der Waals surface area contributed by atoms with Crippen molar-refractivity contribution in [2.75, 3.05) is 0 Å². The summed E-state index contributed by atoms with van der Waals surface area (Å²) < 4.78 is 0. The lowest BCUT2D eigenvalue weighted by Crippen LogP contribution is -2.42. The summed E-state index contributed by atoms with van der Waals surface area (Å²) in [7, 11) is 0. The molecule has 4 aromatic carbocycles. The molecule has 7 heteroatoms. The molecule has 0 aliphatic heterocycles. The van der Waals surface area contributed by atoms with Gasteiger partial charge in [0.2, 0.25) is 5.91 Å².